The lowest BCUT2D eigenvalue weighted by molar-refractivity contribution is -0.224. The van der Waals surface area contributed by atoms with Gasteiger partial charge in [0.05, 0.1) is 13.2 Å². The van der Waals surface area contributed by atoms with Crippen LogP contribution >= 0.6 is 7.82 Å². The summed E-state index contributed by atoms with van der Waals surface area (Å²) in [6.07, 6.45) is 2.38. The quantitative estimate of drug-likeness (QED) is 0.289. The molecule has 0 spiro atoms. The minimum Gasteiger partial charge on any atom is -0.301 e. The molecule has 0 aliphatic carbocycles. The summed E-state index contributed by atoms with van der Waals surface area (Å²) in [6.45, 7) is 4.30. The first-order valence-electron chi connectivity index (χ1n) is 4.41. The molecule has 5 nitrogen and oxygen atoms in total. The van der Waals surface area contributed by atoms with E-state index in [0.29, 0.717) is 13.0 Å². The van der Waals surface area contributed by atoms with Crippen LogP contribution in [0, 0.1) is 0 Å². The molecule has 0 fully saturated rings. The van der Waals surface area contributed by atoms with Crippen molar-refractivity contribution in [2.45, 2.75) is 33.1 Å². The molecule has 0 heterocycles. The number of rotatable bonds is 8. The minimum atomic E-state index is -3.97. The second-order valence-corrected chi connectivity index (χ2v) is 3.90. The van der Waals surface area contributed by atoms with Gasteiger partial charge in [-0.1, -0.05) is 20.3 Å². The van der Waals surface area contributed by atoms with Crippen LogP contribution in [-0.2, 0) is 18.7 Å². The molecule has 1 unspecified atom stereocenters. The van der Waals surface area contributed by atoms with Crippen molar-refractivity contribution in [1.29, 1.82) is 0 Å². The largest absolute Gasteiger partial charge is 0.499 e. The molecule has 13 heavy (non-hydrogen) atoms. The van der Waals surface area contributed by atoms with Crippen molar-refractivity contribution in [3.05, 3.63) is 0 Å². The standard InChI is InChI=1S/C7H17O5P/c1-3-5-7-10-12-13(8,9)11-6-4-2/h3-7H2,1-2H3,(H,8,9). The van der Waals surface area contributed by atoms with Crippen molar-refractivity contribution in [3.63, 3.8) is 0 Å². The Kier molecular flexibility index (Phi) is 7.51. The lowest BCUT2D eigenvalue weighted by atomic mass is 10.4. The second-order valence-electron chi connectivity index (χ2n) is 2.55. The van der Waals surface area contributed by atoms with E-state index in [-0.39, 0.29) is 6.61 Å². The number of unbranched alkanes of at least 4 members (excludes halogenated alkanes) is 1. The second kappa shape index (κ2) is 7.47. The fourth-order valence-corrected chi connectivity index (χ4v) is 1.20. The topological polar surface area (TPSA) is 65.0 Å². The van der Waals surface area contributed by atoms with Crippen molar-refractivity contribution in [3.8, 4) is 0 Å². The molecule has 1 N–H and O–H groups in total. The molecule has 80 valence electrons. The molecular formula is C7H17O5P. The normalized spacial score (nSPS) is 15.6. The highest BCUT2D eigenvalue weighted by Crippen LogP contribution is 2.43. The molecule has 0 aromatic carbocycles. The van der Waals surface area contributed by atoms with Crippen LogP contribution in [0.5, 0.6) is 0 Å². The lowest BCUT2D eigenvalue weighted by Gasteiger charge is -2.09. The Morgan fingerprint density at radius 2 is 1.92 bits per heavy atom. The third-order valence-corrected chi connectivity index (χ3v) is 1.99. The molecule has 0 aromatic rings. The average molecular weight is 212 g/mol. The lowest BCUT2D eigenvalue weighted by Crippen LogP contribution is -1.98. The number of hydrogen-bond donors (Lipinski definition) is 1. The van der Waals surface area contributed by atoms with Crippen molar-refractivity contribution in [2.75, 3.05) is 13.2 Å². The van der Waals surface area contributed by atoms with E-state index < -0.39 is 7.82 Å². The fourth-order valence-electron chi connectivity index (χ4n) is 0.535. The van der Waals surface area contributed by atoms with Gasteiger partial charge in [0.2, 0.25) is 0 Å². The molecule has 0 aliphatic heterocycles. The first-order chi connectivity index (χ1) is 6.12. The van der Waals surface area contributed by atoms with Crippen LogP contribution in [0.1, 0.15) is 33.1 Å². The van der Waals surface area contributed by atoms with Crippen LogP contribution in [0.2, 0.25) is 0 Å². The van der Waals surface area contributed by atoms with E-state index in [9.17, 15) is 4.57 Å². The molecular weight excluding hydrogens is 195 g/mol. The predicted molar refractivity (Wildman–Crippen MR) is 48.0 cm³/mol. The summed E-state index contributed by atoms with van der Waals surface area (Å²) in [5.41, 5.74) is 0. The molecule has 0 amide bonds. The summed E-state index contributed by atoms with van der Waals surface area (Å²) < 4.78 is 19.7. The van der Waals surface area contributed by atoms with Gasteiger partial charge in [-0.15, -0.1) is 4.67 Å². The van der Waals surface area contributed by atoms with Crippen LogP contribution in [0.15, 0.2) is 0 Å². The Bertz CT molecular complexity index is 161. The highest BCUT2D eigenvalue weighted by atomic mass is 31.2. The van der Waals surface area contributed by atoms with E-state index in [0.717, 1.165) is 12.8 Å². The van der Waals surface area contributed by atoms with Crippen molar-refractivity contribution < 1.29 is 23.5 Å². The summed E-state index contributed by atoms with van der Waals surface area (Å²) in [4.78, 5) is 13.4. The molecule has 0 saturated heterocycles. The van der Waals surface area contributed by atoms with Gasteiger partial charge in [-0.25, -0.2) is 9.45 Å². The van der Waals surface area contributed by atoms with E-state index in [2.05, 4.69) is 14.1 Å². The number of phosphoric ester groups is 1. The van der Waals surface area contributed by atoms with E-state index in [4.69, 9.17) is 4.89 Å². The monoisotopic (exact) mass is 212 g/mol. The summed E-state index contributed by atoms with van der Waals surface area (Å²) in [6, 6.07) is 0. The maximum Gasteiger partial charge on any atom is 0.499 e. The Balaban J connectivity index is 3.45. The summed E-state index contributed by atoms with van der Waals surface area (Å²) in [5, 5.41) is 0. The van der Waals surface area contributed by atoms with Crippen LogP contribution < -0.4 is 0 Å². The highest BCUT2D eigenvalue weighted by molar-refractivity contribution is 7.47. The van der Waals surface area contributed by atoms with Gasteiger partial charge in [0.25, 0.3) is 0 Å². The van der Waals surface area contributed by atoms with Crippen molar-refractivity contribution in [2.24, 2.45) is 0 Å². The Morgan fingerprint density at radius 3 is 2.46 bits per heavy atom. The zero-order chi connectivity index (χ0) is 10.2. The van der Waals surface area contributed by atoms with Gasteiger partial charge in [0, 0.05) is 0 Å². The third-order valence-electron chi connectivity index (χ3n) is 1.19. The van der Waals surface area contributed by atoms with E-state index in [1.807, 2.05) is 13.8 Å². The molecule has 0 aliphatic rings. The summed E-state index contributed by atoms with van der Waals surface area (Å²) in [7, 11) is -3.97. The predicted octanol–water partition coefficient (Wildman–Crippen LogP) is 2.26. The Hall–Kier alpha value is 0.0700. The molecule has 1 atom stereocenters. The fraction of sp³-hybridized carbons (Fsp3) is 1.00. The molecule has 0 bridgehead atoms. The molecule has 0 rings (SSSR count). The SMILES string of the molecule is CCCCOOP(=O)(O)OCCC. The first kappa shape index (κ1) is 13.1. The van der Waals surface area contributed by atoms with Gasteiger partial charge in [0.1, 0.15) is 0 Å². The third kappa shape index (κ3) is 8.40. The first-order valence-corrected chi connectivity index (χ1v) is 5.90. The van der Waals surface area contributed by atoms with Crippen molar-refractivity contribution in [1.82, 2.24) is 0 Å². The zero-order valence-corrected chi connectivity index (χ0v) is 8.96. The maximum absolute atomic E-state index is 10.9. The highest BCUT2D eigenvalue weighted by Gasteiger charge is 2.21. The summed E-state index contributed by atoms with van der Waals surface area (Å²) in [5.74, 6) is 0. The number of hydrogen-bond acceptors (Lipinski definition) is 4. The molecule has 0 radical (unpaired) electrons. The number of phosphoric acid groups is 1. The molecule has 0 aromatic heterocycles. The maximum atomic E-state index is 10.9. The van der Waals surface area contributed by atoms with Crippen LogP contribution in [0.3, 0.4) is 0 Å². The molecule has 0 saturated carbocycles. The molecule has 6 heteroatoms. The summed E-state index contributed by atoms with van der Waals surface area (Å²) >= 11 is 0. The Labute approximate surface area is 78.5 Å². The van der Waals surface area contributed by atoms with E-state index >= 15 is 0 Å². The van der Waals surface area contributed by atoms with Gasteiger partial charge in [-0.05, 0) is 12.8 Å². The van der Waals surface area contributed by atoms with Crippen LogP contribution in [-0.4, -0.2) is 18.1 Å². The van der Waals surface area contributed by atoms with Gasteiger partial charge in [0.15, 0.2) is 0 Å². The zero-order valence-electron chi connectivity index (χ0n) is 8.06. The van der Waals surface area contributed by atoms with Crippen molar-refractivity contribution >= 4 is 7.82 Å². The average Bonchev–Trinajstić information content (AvgIpc) is 2.09. The van der Waals surface area contributed by atoms with Gasteiger partial charge in [-0.3, -0.25) is 4.52 Å². The minimum absolute atomic E-state index is 0.185. The van der Waals surface area contributed by atoms with Gasteiger partial charge in [-0.2, -0.15) is 0 Å². The van der Waals surface area contributed by atoms with Gasteiger partial charge < -0.3 is 4.89 Å². The van der Waals surface area contributed by atoms with E-state index in [1.165, 1.54) is 0 Å². The van der Waals surface area contributed by atoms with Gasteiger partial charge >= 0.3 is 7.82 Å². The smallest absolute Gasteiger partial charge is 0.301 e. The Morgan fingerprint density at radius 1 is 1.23 bits per heavy atom. The van der Waals surface area contributed by atoms with E-state index in [1.54, 1.807) is 0 Å². The van der Waals surface area contributed by atoms with Crippen LogP contribution in [0.4, 0.5) is 0 Å². The van der Waals surface area contributed by atoms with Crippen LogP contribution in [0.25, 0.3) is 0 Å².